The van der Waals surface area contributed by atoms with Crippen LogP contribution in [0.1, 0.15) is 32.1 Å². The average molecular weight is 191 g/mol. The van der Waals surface area contributed by atoms with Crippen LogP contribution in [0.3, 0.4) is 0 Å². The maximum atomic E-state index is 11.6. The lowest BCUT2D eigenvalue weighted by Crippen LogP contribution is -2.30. The number of rotatable bonds is 2. The number of hydrogen-bond acceptors (Lipinski definition) is 1. The molecule has 0 aromatic carbocycles. The van der Waals surface area contributed by atoms with Crippen molar-refractivity contribution in [3.63, 3.8) is 0 Å². The van der Waals surface area contributed by atoms with Gasteiger partial charge in [-0.3, -0.25) is 4.79 Å². The molecule has 14 heavy (non-hydrogen) atoms. The summed E-state index contributed by atoms with van der Waals surface area (Å²) in [4.78, 5) is 11.6. The first-order chi connectivity index (χ1) is 6.84. The lowest BCUT2D eigenvalue weighted by molar-refractivity contribution is -0.122. The van der Waals surface area contributed by atoms with E-state index in [1.165, 1.54) is 19.3 Å². The van der Waals surface area contributed by atoms with Crippen LogP contribution in [0, 0.1) is 29.6 Å². The van der Waals surface area contributed by atoms with E-state index < -0.39 is 0 Å². The van der Waals surface area contributed by atoms with Crippen molar-refractivity contribution in [1.82, 2.24) is 5.32 Å². The molecule has 4 unspecified atom stereocenters. The normalized spacial score (nSPS) is 53.0. The first kappa shape index (κ1) is 7.72. The van der Waals surface area contributed by atoms with Crippen LogP contribution in [0.2, 0.25) is 0 Å². The molecular formula is C12H17NO. The van der Waals surface area contributed by atoms with Crippen molar-refractivity contribution in [3.8, 4) is 0 Å². The molecule has 4 saturated carbocycles. The Balaban J connectivity index is 1.43. The molecule has 0 radical (unpaired) electrons. The number of hydrogen-bond donors (Lipinski definition) is 1. The molecule has 2 heteroatoms. The van der Waals surface area contributed by atoms with Gasteiger partial charge in [0.25, 0.3) is 0 Å². The van der Waals surface area contributed by atoms with Crippen molar-refractivity contribution < 1.29 is 4.79 Å². The lowest BCUT2D eigenvalue weighted by Gasteiger charge is -2.09. The fourth-order valence-corrected chi connectivity index (χ4v) is 4.15. The molecule has 0 aromatic heterocycles. The van der Waals surface area contributed by atoms with E-state index in [9.17, 15) is 4.79 Å². The van der Waals surface area contributed by atoms with Crippen LogP contribution in [0.5, 0.6) is 0 Å². The highest BCUT2D eigenvalue weighted by Gasteiger charge is 2.65. The summed E-state index contributed by atoms with van der Waals surface area (Å²) in [5, 5.41) is 3.28. The molecule has 4 fully saturated rings. The molecular weight excluding hydrogens is 174 g/mol. The highest BCUT2D eigenvalue weighted by Crippen LogP contribution is 2.65. The van der Waals surface area contributed by atoms with Crippen LogP contribution in [-0.2, 0) is 4.79 Å². The molecule has 1 amide bonds. The summed E-state index contributed by atoms with van der Waals surface area (Å²) < 4.78 is 0. The van der Waals surface area contributed by atoms with Gasteiger partial charge in [0.2, 0.25) is 5.91 Å². The van der Waals surface area contributed by atoms with Crippen molar-refractivity contribution >= 4 is 5.91 Å². The van der Waals surface area contributed by atoms with Gasteiger partial charge in [0.15, 0.2) is 0 Å². The van der Waals surface area contributed by atoms with Gasteiger partial charge in [-0.05, 0) is 55.8 Å². The molecule has 0 spiro atoms. The molecule has 4 aliphatic rings. The van der Waals surface area contributed by atoms with Crippen LogP contribution in [-0.4, -0.2) is 11.9 Å². The van der Waals surface area contributed by atoms with Crippen LogP contribution >= 0.6 is 0 Å². The Kier molecular flexibility index (Phi) is 1.29. The van der Waals surface area contributed by atoms with Gasteiger partial charge in [-0.1, -0.05) is 0 Å². The number of nitrogens with one attached hydrogen (secondary N) is 1. The van der Waals surface area contributed by atoms with E-state index in [1.54, 1.807) is 0 Å². The topological polar surface area (TPSA) is 29.1 Å². The second-order valence-corrected chi connectivity index (χ2v) is 5.80. The Morgan fingerprint density at radius 3 is 2.21 bits per heavy atom. The molecule has 2 bridgehead atoms. The minimum absolute atomic E-state index is 0.365. The van der Waals surface area contributed by atoms with Gasteiger partial charge in [-0.25, -0.2) is 0 Å². The fourth-order valence-electron chi connectivity index (χ4n) is 4.15. The van der Waals surface area contributed by atoms with Crippen molar-refractivity contribution in [3.05, 3.63) is 0 Å². The summed E-state index contributed by atoms with van der Waals surface area (Å²) in [5.41, 5.74) is 0. The minimum atomic E-state index is 0.365. The summed E-state index contributed by atoms with van der Waals surface area (Å²) in [6.07, 6.45) is 6.65. The van der Waals surface area contributed by atoms with Crippen LogP contribution < -0.4 is 5.32 Å². The van der Waals surface area contributed by atoms with Gasteiger partial charge in [0.1, 0.15) is 0 Å². The molecule has 4 atom stereocenters. The van der Waals surface area contributed by atoms with Crippen LogP contribution in [0.15, 0.2) is 0 Å². The fraction of sp³-hybridized carbons (Fsp3) is 0.917. The minimum Gasteiger partial charge on any atom is -0.353 e. The predicted octanol–water partition coefficient (Wildman–Crippen LogP) is 1.56. The molecule has 0 saturated heterocycles. The van der Waals surface area contributed by atoms with Gasteiger partial charge in [-0.15, -0.1) is 0 Å². The van der Waals surface area contributed by atoms with E-state index in [4.69, 9.17) is 0 Å². The largest absolute Gasteiger partial charge is 0.353 e. The highest BCUT2D eigenvalue weighted by molar-refractivity contribution is 5.81. The average Bonchev–Trinajstić information content (AvgIpc) is 3.07. The van der Waals surface area contributed by atoms with Gasteiger partial charge in [-0.2, -0.15) is 0 Å². The molecule has 4 aliphatic carbocycles. The molecule has 0 aliphatic heterocycles. The highest BCUT2D eigenvalue weighted by atomic mass is 16.2. The standard InChI is InChI=1S/C12H17NO/c14-12(6-1-2-6)13-11-9-7-3-4-8(5-7)10(9)11/h6-11H,1-5H2,(H,13,14). The first-order valence-electron chi connectivity index (χ1n) is 6.15. The van der Waals surface area contributed by atoms with Crippen LogP contribution in [0.4, 0.5) is 0 Å². The smallest absolute Gasteiger partial charge is 0.223 e. The number of carbonyl (C=O) groups excluding carboxylic acids is 1. The summed E-state index contributed by atoms with van der Waals surface area (Å²) >= 11 is 0. The molecule has 0 aromatic rings. The Labute approximate surface area is 84.4 Å². The third-order valence-electron chi connectivity index (χ3n) is 4.99. The summed E-state index contributed by atoms with van der Waals surface area (Å²) in [6.45, 7) is 0. The molecule has 4 rings (SSSR count). The lowest BCUT2D eigenvalue weighted by atomic mass is 10.0. The zero-order chi connectivity index (χ0) is 9.28. The molecule has 1 N–H and O–H groups in total. The summed E-state index contributed by atoms with van der Waals surface area (Å²) in [7, 11) is 0. The Morgan fingerprint density at radius 2 is 1.64 bits per heavy atom. The van der Waals surface area contributed by atoms with Crippen molar-refractivity contribution in [1.29, 1.82) is 0 Å². The Bertz CT molecular complexity index is 281. The zero-order valence-electron chi connectivity index (χ0n) is 8.41. The Hall–Kier alpha value is -0.530. The number of fused-ring (bicyclic) bond motifs is 5. The first-order valence-corrected chi connectivity index (χ1v) is 6.15. The van der Waals surface area contributed by atoms with Gasteiger partial charge < -0.3 is 5.32 Å². The monoisotopic (exact) mass is 191 g/mol. The second kappa shape index (κ2) is 2.34. The van der Waals surface area contributed by atoms with Crippen molar-refractivity contribution in [2.45, 2.75) is 38.1 Å². The van der Waals surface area contributed by atoms with Gasteiger partial charge in [0, 0.05) is 12.0 Å². The summed E-state index contributed by atoms with van der Waals surface area (Å²) in [5.74, 6) is 4.52. The molecule has 76 valence electrons. The molecule has 2 nitrogen and oxygen atoms in total. The van der Waals surface area contributed by atoms with Crippen molar-refractivity contribution in [2.24, 2.45) is 29.6 Å². The second-order valence-electron chi connectivity index (χ2n) is 5.80. The predicted molar refractivity (Wildman–Crippen MR) is 52.5 cm³/mol. The maximum absolute atomic E-state index is 11.6. The Morgan fingerprint density at radius 1 is 1.00 bits per heavy atom. The van der Waals surface area contributed by atoms with E-state index in [0.29, 0.717) is 17.9 Å². The summed E-state index contributed by atoms with van der Waals surface area (Å²) in [6, 6.07) is 0.606. The van der Waals surface area contributed by atoms with Gasteiger partial charge in [0.05, 0.1) is 0 Å². The van der Waals surface area contributed by atoms with E-state index in [1.807, 2.05) is 0 Å². The number of amides is 1. The van der Waals surface area contributed by atoms with Crippen molar-refractivity contribution in [2.75, 3.05) is 0 Å². The van der Waals surface area contributed by atoms with E-state index in [0.717, 1.165) is 36.5 Å². The zero-order valence-corrected chi connectivity index (χ0v) is 8.41. The van der Waals surface area contributed by atoms with E-state index in [2.05, 4.69) is 5.32 Å². The number of carbonyl (C=O) groups is 1. The van der Waals surface area contributed by atoms with Crippen LogP contribution in [0.25, 0.3) is 0 Å². The quantitative estimate of drug-likeness (QED) is 0.705. The molecule has 0 heterocycles. The van der Waals surface area contributed by atoms with E-state index in [-0.39, 0.29) is 0 Å². The van der Waals surface area contributed by atoms with Gasteiger partial charge >= 0.3 is 0 Å². The van der Waals surface area contributed by atoms with E-state index >= 15 is 0 Å². The third-order valence-corrected chi connectivity index (χ3v) is 4.99. The SMILES string of the molecule is O=C(NC1C2C3CCC(C3)C12)C1CC1. The maximum Gasteiger partial charge on any atom is 0.223 e. The third kappa shape index (κ3) is 0.896.